The first kappa shape index (κ1) is 14.1. The van der Waals surface area contributed by atoms with Crippen LogP contribution in [-0.2, 0) is 0 Å². The van der Waals surface area contributed by atoms with E-state index in [9.17, 15) is 4.39 Å². The number of nitrogens with one attached hydrogen (secondary N) is 1. The van der Waals surface area contributed by atoms with Gasteiger partial charge in [0.2, 0.25) is 0 Å². The van der Waals surface area contributed by atoms with E-state index in [1.807, 2.05) is 30.0 Å². The Morgan fingerprint density at radius 1 is 1.10 bits per heavy atom. The number of halogens is 3. The standard InChI is InChI=1S/C15H12Cl2FNS/c16-9-1-2-15-13(7-9)14(3-4-20-15)19-12-6-10(17)5-11(18)8-12/h1-2,5-8,14,19H,3-4H2. The molecule has 1 atom stereocenters. The van der Waals surface area contributed by atoms with Gasteiger partial charge in [-0.25, -0.2) is 4.39 Å². The second-order valence-corrected chi connectivity index (χ2v) is 6.68. The van der Waals surface area contributed by atoms with E-state index in [1.165, 1.54) is 17.0 Å². The van der Waals surface area contributed by atoms with Gasteiger partial charge in [-0.05, 0) is 48.4 Å². The molecule has 20 heavy (non-hydrogen) atoms. The van der Waals surface area contributed by atoms with Gasteiger partial charge in [0.1, 0.15) is 5.82 Å². The molecule has 0 saturated carbocycles. The zero-order valence-electron chi connectivity index (χ0n) is 10.5. The average Bonchev–Trinajstić information content (AvgIpc) is 2.38. The number of benzene rings is 2. The van der Waals surface area contributed by atoms with Crippen molar-refractivity contribution < 1.29 is 4.39 Å². The third-order valence-electron chi connectivity index (χ3n) is 3.21. The molecule has 1 nitrogen and oxygen atoms in total. The number of hydrogen-bond donors (Lipinski definition) is 1. The van der Waals surface area contributed by atoms with Crippen molar-refractivity contribution in [3.8, 4) is 0 Å². The molecular formula is C15H12Cl2FNS. The van der Waals surface area contributed by atoms with E-state index >= 15 is 0 Å². The summed E-state index contributed by atoms with van der Waals surface area (Å²) in [6.07, 6.45) is 0.964. The summed E-state index contributed by atoms with van der Waals surface area (Å²) >= 11 is 13.8. The summed E-state index contributed by atoms with van der Waals surface area (Å²) < 4.78 is 13.4. The molecule has 0 bridgehead atoms. The Bertz CT molecular complexity index is 628. The first-order valence-corrected chi connectivity index (χ1v) is 8.01. The van der Waals surface area contributed by atoms with E-state index in [-0.39, 0.29) is 11.9 Å². The maximum absolute atomic E-state index is 13.4. The lowest BCUT2D eigenvalue weighted by molar-refractivity contribution is 0.627. The van der Waals surface area contributed by atoms with Crippen LogP contribution in [0.1, 0.15) is 18.0 Å². The summed E-state index contributed by atoms with van der Waals surface area (Å²) in [5, 5.41) is 4.46. The van der Waals surface area contributed by atoms with Crippen LogP contribution >= 0.6 is 35.0 Å². The highest BCUT2D eigenvalue weighted by atomic mass is 35.5. The van der Waals surface area contributed by atoms with E-state index in [2.05, 4.69) is 5.32 Å². The molecule has 1 heterocycles. The molecule has 5 heteroatoms. The van der Waals surface area contributed by atoms with Gasteiger partial charge in [0, 0.05) is 26.4 Å². The second kappa shape index (κ2) is 5.84. The summed E-state index contributed by atoms with van der Waals surface area (Å²) in [4.78, 5) is 1.22. The quantitative estimate of drug-likeness (QED) is 0.750. The molecule has 0 amide bonds. The minimum Gasteiger partial charge on any atom is -0.378 e. The van der Waals surface area contributed by atoms with Crippen molar-refractivity contribution in [3.05, 3.63) is 57.8 Å². The van der Waals surface area contributed by atoms with Crippen LogP contribution in [0.2, 0.25) is 10.0 Å². The van der Waals surface area contributed by atoms with Gasteiger partial charge in [-0.2, -0.15) is 0 Å². The van der Waals surface area contributed by atoms with Crippen molar-refractivity contribution >= 4 is 40.7 Å². The first-order chi connectivity index (χ1) is 9.61. The van der Waals surface area contributed by atoms with E-state index in [0.29, 0.717) is 10.7 Å². The molecule has 104 valence electrons. The van der Waals surface area contributed by atoms with Crippen LogP contribution in [0, 0.1) is 5.82 Å². The molecular weight excluding hydrogens is 316 g/mol. The fourth-order valence-electron chi connectivity index (χ4n) is 2.35. The Hall–Kier alpha value is -0.900. The molecule has 1 unspecified atom stereocenters. The normalized spacial score (nSPS) is 17.6. The van der Waals surface area contributed by atoms with Gasteiger partial charge < -0.3 is 5.32 Å². The van der Waals surface area contributed by atoms with Crippen LogP contribution < -0.4 is 5.32 Å². The van der Waals surface area contributed by atoms with E-state index in [4.69, 9.17) is 23.2 Å². The minimum absolute atomic E-state index is 0.128. The minimum atomic E-state index is -0.337. The van der Waals surface area contributed by atoms with E-state index in [1.54, 1.807) is 6.07 Å². The molecule has 0 spiro atoms. The van der Waals surface area contributed by atoms with Gasteiger partial charge in [-0.3, -0.25) is 0 Å². The average molecular weight is 328 g/mol. The zero-order valence-corrected chi connectivity index (χ0v) is 12.8. The predicted octanol–water partition coefficient (Wildman–Crippen LogP) is 5.78. The number of fused-ring (bicyclic) bond motifs is 1. The molecule has 0 fully saturated rings. The second-order valence-electron chi connectivity index (χ2n) is 4.67. The van der Waals surface area contributed by atoms with Gasteiger partial charge in [-0.15, -0.1) is 11.8 Å². The van der Waals surface area contributed by atoms with Gasteiger partial charge in [0.25, 0.3) is 0 Å². The van der Waals surface area contributed by atoms with Crippen LogP contribution in [0.4, 0.5) is 10.1 Å². The maximum atomic E-state index is 13.4. The third kappa shape index (κ3) is 3.05. The molecule has 2 aromatic carbocycles. The summed E-state index contributed by atoms with van der Waals surface area (Å²) in [7, 11) is 0. The topological polar surface area (TPSA) is 12.0 Å². The SMILES string of the molecule is Fc1cc(Cl)cc(NC2CCSc3ccc(Cl)cc32)c1. The molecule has 3 rings (SSSR count). The highest BCUT2D eigenvalue weighted by Gasteiger charge is 2.21. The highest BCUT2D eigenvalue weighted by Crippen LogP contribution is 2.39. The maximum Gasteiger partial charge on any atom is 0.126 e. The first-order valence-electron chi connectivity index (χ1n) is 6.27. The van der Waals surface area contributed by atoms with Crippen LogP contribution in [0.3, 0.4) is 0 Å². The molecule has 2 aromatic rings. The molecule has 0 saturated heterocycles. The molecule has 0 aromatic heterocycles. The monoisotopic (exact) mass is 327 g/mol. The fourth-order valence-corrected chi connectivity index (χ4v) is 3.86. The van der Waals surface area contributed by atoms with Crippen molar-refractivity contribution in [2.45, 2.75) is 17.4 Å². The Morgan fingerprint density at radius 2 is 1.95 bits per heavy atom. The van der Waals surface area contributed by atoms with Gasteiger partial charge in [0.15, 0.2) is 0 Å². The third-order valence-corrected chi connectivity index (χ3v) is 4.79. The molecule has 0 radical (unpaired) electrons. The summed E-state index contributed by atoms with van der Waals surface area (Å²) in [5.41, 5.74) is 1.85. The smallest absolute Gasteiger partial charge is 0.126 e. The summed E-state index contributed by atoms with van der Waals surface area (Å²) in [5.74, 6) is 0.687. The van der Waals surface area contributed by atoms with Crippen molar-refractivity contribution in [2.75, 3.05) is 11.1 Å². The molecule has 1 aliphatic rings. The lowest BCUT2D eigenvalue weighted by Gasteiger charge is -2.27. The summed E-state index contributed by atoms with van der Waals surface area (Å²) in [6, 6.07) is 10.5. The fraction of sp³-hybridized carbons (Fsp3) is 0.200. The van der Waals surface area contributed by atoms with Gasteiger partial charge in [-0.1, -0.05) is 23.2 Å². The van der Waals surface area contributed by atoms with Crippen molar-refractivity contribution in [1.82, 2.24) is 0 Å². The van der Waals surface area contributed by atoms with E-state index < -0.39 is 0 Å². The Kier molecular flexibility index (Phi) is 4.11. The van der Waals surface area contributed by atoms with Gasteiger partial charge in [0.05, 0.1) is 6.04 Å². The van der Waals surface area contributed by atoms with E-state index in [0.717, 1.165) is 22.8 Å². The molecule has 1 N–H and O–H groups in total. The lowest BCUT2D eigenvalue weighted by atomic mass is 10.0. The number of anilines is 1. The zero-order chi connectivity index (χ0) is 14.1. The number of rotatable bonds is 2. The number of hydrogen-bond acceptors (Lipinski definition) is 2. The van der Waals surface area contributed by atoms with Crippen molar-refractivity contribution in [1.29, 1.82) is 0 Å². The Morgan fingerprint density at radius 3 is 2.75 bits per heavy atom. The van der Waals surface area contributed by atoms with Crippen molar-refractivity contribution in [3.63, 3.8) is 0 Å². The van der Waals surface area contributed by atoms with Gasteiger partial charge >= 0.3 is 0 Å². The van der Waals surface area contributed by atoms with Crippen molar-refractivity contribution in [2.24, 2.45) is 0 Å². The van der Waals surface area contributed by atoms with Crippen LogP contribution in [0.25, 0.3) is 0 Å². The van der Waals surface area contributed by atoms with Crippen LogP contribution in [-0.4, -0.2) is 5.75 Å². The predicted molar refractivity (Wildman–Crippen MR) is 84.6 cm³/mol. The Balaban J connectivity index is 1.91. The Labute approximate surface area is 131 Å². The lowest BCUT2D eigenvalue weighted by Crippen LogP contribution is -2.16. The van der Waals surface area contributed by atoms with Crippen LogP contribution in [0.15, 0.2) is 41.3 Å². The largest absolute Gasteiger partial charge is 0.378 e. The highest BCUT2D eigenvalue weighted by molar-refractivity contribution is 7.99. The molecule has 0 aliphatic carbocycles. The number of thioether (sulfide) groups is 1. The summed E-state index contributed by atoms with van der Waals surface area (Å²) in [6.45, 7) is 0. The van der Waals surface area contributed by atoms with Crippen LogP contribution in [0.5, 0.6) is 0 Å². The molecule has 1 aliphatic heterocycles.